The van der Waals surface area contributed by atoms with Crippen molar-refractivity contribution in [2.24, 2.45) is 0 Å². The molecule has 3 aliphatic rings. The fourth-order valence-electron chi connectivity index (χ4n) is 4.21. The molecule has 3 amide bonds. The van der Waals surface area contributed by atoms with Gasteiger partial charge in [-0.3, -0.25) is 9.80 Å². The van der Waals surface area contributed by atoms with Crippen molar-refractivity contribution in [1.29, 1.82) is 0 Å². The average molecular weight is 469 g/mol. The number of alkyl halides is 3. The number of halogens is 4. The number of hydrazine groups is 1. The van der Waals surface area contributed by atoms with Gasteiger partial charge in [-0.1, -0.05) is 18.2 Å². The Morgan fingerprint density at radius 3 is 2.44 bits per heavy atom. The van der Waals surface area contributed by atoms with Crippen LogP contribution in [0.2, 0.25) is 5.02 Å². The van der Waals surface area contributed by atoms with Crippen molar-refractivity contribution >= 4 is 34.5 Å². The largest absolute Gasteiger partial charge is 0.449 e. The van der Waals surface area contributed by atoms with Crippen LogP contribution in [0.3, 0.4) is 0 Å². The van der Waals surface area contributed by atoms with Gasteiger partial charge >= 0.3 is 12.2 Å². The number of hydrogen-bond donors (Lipinski definition) is 1. The maximum absolute atomic E-state index is 13.7. The van der Waals surface area contributed by atoms with E-state index < -0.39 is 23.2 Å². The Kier molecular flexibility index (Phi) is 4.90. The lowest BCUT2D eigenvalue weighted by atomic mass is 10.0. The van der Waals surface area contributed by atoms with Crippen LogP contribution in [0.1, 0.15) is 40.4 Å². The van der Waals surface area contributed by atoms with Gasteiger partial charge in [0.1, 0.15) is 5.58 Å². The second kappa shape index (κ2) is 7.41. The molecule has 0 radical (unpaired) electrons. The molecule has 0 bridgehead atoms. The summed E-state index contributed by atoms with van der Waals surface area (Å²) in [4.78, 5) is 26.5. The summed E-state index contributed by atoms with van der Waals surface area (Å²) >= 11 is 6.37. The van der Waals surface area contributed by atoms with E-state index in [-0.39, 0.29) is 41.2 Å². The van der Waals surface area contributed by atoms with Crippen molar-refractivity contribution in [1.82, 2.24) is 20.2 Å². The van der Waals surface area contributed by atoms with Crippen LogP contribution in [0, 0.1) is 0 Å². The normalized spacial score (nSPS) is 20.4. The van der Waals surface area contributed by atoms with Crippen LogP contribution in [-0.4, -0.2) is 59.6 Å². The lowest BCUT2D eigenvalue weighted by molar-refractivity contribution is -0.136. The van der Waals surface area contributed by atoms with Crippen molar-refractivity contribution < 1.29 is 27.2 Å². The van der Waals surface area contributed by atoms with Crippen LogP contribution >= 0.6 is 11.6 Å². The summed E-state index contributed by atoms with van der Waals surface area (Å²) in [7, 11) is 0. The van der Waals surface area contributed by atoms with Gasteiger partial charge in [0.15, 0.2) is 0 Å². The first-order valence-corrected chi connectivity index (χ1v) is 10.6. The molecule has 1 aromatic carbocycles. The Hall–Kier alpha value is -2.72. The van der Waals surface area contributed by atoms with Crippen molar-refractivity contribution in [3.8, 4) is 0 Å². The second-order valence-electron chi connectivity index (χ2n) is 8.30. The highest BCUT2D eigenvalue weighted by molar-refractivity contribution is 6.38. The number of furan rings is 1. The van der Waals surface area contributed by atoms with Crippen LogP contribution in [0.5, 0.6) is 0 Å². The van der Waals surface area contributed by atoms with Gasteiger partial charge < -0.3 is 14.6 Å². The van der Waals surface area contributed by atoms with E-state index in [1.165, 1.54) is 9.91 Å². The SMILES string of the molecule is C=C1CN(N2CCN(C(=O)c3oc4c(C(F)(F)F)cc(C5CC5)cc4c3Cl)CC2)C(=O)N1. The number of amides is 3. The minimum Gasteiger partial charge on any atom is -0.449 e. The van der Waals surface area contributed by atoms with Gasteiger partial charge in [-0.25, -0.2) is 9.80 Å². The van der Waals surface area contributed by atoms with E-state index in [0.29, 0.717) is 30.9 Å². The van der Waals surface area contributed by atoms with Crippen LogP contribution in [0.25, 0.3) is 11.0 Å². The third-order valence-electron chi connectivity index (χ3n) is 6.04. The number of rotatable bonds is 3. The van der Waals surface area contributed by atoms with Gasteiger partial charge in [0, 0.05) is 37.3 Å². The van der Waals surface area contributed by atoms with E-state index in [0.717, 1.165) is 18.9 Å². The van der Waals surface area contributed by atoms with Gasteiger partial charge in [0.25, 0.3) is 5.91 Å². The molecule has 0 spiro atoms. The molecular weight excluding hydrogens is 449 g/mol. The highest BCUT2D eigenvalue weighted by Crippen LogP contribution is 2.46. The summed E-state index contributed by atoms with van der Waals surface area (Å²) in [6, 6.07) is 2.42. The summed E-state index contributed by atoms with van der Waals surface area (Å²) in [6.45, 7) is 5.38. The zero-order valence-electron chi connectivity index (χ0n) is 17.0. The highest BCUT2D eigenvalue weighted by atomic mass is 35.5. The summed E-state index contributed by atoms with van der Waals surface area (Å²) in [5, 5.41) is 5.96. The average Bonchev–Trinajstić information content (AvgIpc) is 3.47. The van der Waals surface area contributed by atoms with E-state index >= 15 is 0 Å². The number of piperazine rings is 1. The molecule has 2 saturated heterocycles. The Morgan fingerprint density at radius 1 is 1.19 bits per heavy atom. The Balaban J connectivity index is 1.40. The molecule has 32 heavy (non-hydrogen) atoms. The molecule has 11 heteroatoms. The van der Waals surface area contributed by atoms with Crippen molar-refractivity contribution in [3.05, 3.63) is 46.3 Å². The van der Waals surface area contributed by atoms with Crippen LogP contribution in [-0.2, 0) is 6.18 Å². The van der Waals surface area contributed by atoms with Crippen LogP contribution < -0.4 is 5.32 Å². The molecular formula is C21H20ClF3N4O3. The van der Waals surface area contributed by atoms with Crippen molar-refractivity contribution in [2.45, 2.75) is 24.9 Å². The molecule has 7 nitrogen and oxygen atoms in total. The summed E-state index contributed by atoms with van der Waals surface area (Å²) < 4.78 is 46.5. The molecule has 1 N–H and O–H groups in total. The number of carbonyl (C=O) groups excluding carboxylic acids is 2. The predicted octanol–water partition coefficient (Wildman–Crippen LogP) is 4.19. The second-order valence-corrected chi connectivity index (χ2v) is 8.68. The molecule has 1 aliphatic carbocycles. The lowest BCUT2D eigenvalue weighted by Crippen LogP contribution is -2.55. The third kappa shape index (κ3) is 3.61. The molecule has 3 heterocycles. The lowest BCUT2D eigenvalue weighted by Gasteiger charge is -2.38. The number of nitrogens with zero attached hydrogens (tertiary/aromatic N) is 3. The third-order valence-corrected chi connectivity index (χ3v) is 6.42. The first kappa shape index (κ1) is 21.1. The Morgan fingerprint density at radius 2 is 1.88 bits per heavy atom. The zero-order chi connectivity index (χ0) is 22.8. The number of fused-ring (bicyclic) bond motifs is 1. The van der Waals surface area contributed by atoms with Crippen molar-refractivity contribution in [2.75, 3.05) is 32.7 Å². The molecule has 1 aromatic heterocycles. The molecule has 2 aromatic rings. The molecule has 1 saturated carbocycles. The zero-order valence-corrected chi connectivity index (χ0v) is 17.7. The maximum Gasteiger partial charge on any atom is 0.420 e. The summed E-state index contributed by atoms with van der Waals surface area (Å²) in [6.07, 6.45) is -2.97. The minimum absolute atomic E-state index is 0.0811. The summed E-state index contributed by atoms with van der Waals surface area (Å²) in [5.41, 5.74) is -0.178. The molecule has 170 valence electrons. The van der Waals surface area contributed by atoms with E-state index in [1.807, 2.05) is 0 Å². The summed E-state index contributed by atoms with van der Waals surface area (Å²) in [5.74, 6) is -0.777. The van der Waals surface area contributed by atoms with E-state index in [4.69, 9.17) is 16.0 Å². The highest BCUT2D eigenvalue weighted by Gasteiger charge is 2.39. The molecule has 0 unspecified atom stereocenters. The number of nitrogens with one attached hydrogen (secondary N) is 1. The molecule has 5 rings (SSSR count). The van der Waals surface area contributed by atoms with Crippen LogP contribution in [0.4, 0.5) is 18.0 Å². The van der Waals surface area contributed by atoms with E-state index in [9.17, 15) is 22.8 Å². The van der Waals surface area contributed by atoms with E-state index in [2.05, 4.69) is 11.9 Å². The maximum atomic E-state index is 13.7. The van der Waals surface area contributed by atoms with Crippen LogP contribution in [0.15, 0.2) is 28.8 Å². The number of benzene rings is 1. The van der Waals surface area contributed by atoms with Gasteiger partial charge in [-0.15, -0.1) is 0 Å². The smallest absolute Gasteiger partial charge is 0.420 e. The first-order valence-electron chi connectivity index (χ1n) is 10.3. The molecule has 2 aliphatic heterocycles. The van der Waals surface area contributed by atoms with E-state index in [1.54, 1.807) is 11.1 Å². The van der Waals surface area contributed by atoms with Crippen molar-refractivity contribution in [3.63, 3.8) is 0 Å². The fourth-order valence-corrected chi connectivity index (χ4v) is 4.47. The number of carbonyl (C=O) groups is 2. The number of hydrogen-bond acceptors (Lipinski definition) is 4. The first-order chi connectivity index (χ1) is 15.1. The van der Waals surface area contributed by atoms with Gasteiger partial charge in [-0.2, -0.15) is 13.2 Å². The topological polar surface area (TPSA) is 69.0 Å². The molecule has 0 atom stereocenters. The predicted molar refractivity (Wildman–Crippen MR) is 110 cm³/mol. The fraction of sp³-hybridized carbons (Fsp3) is 0.429. The minimum atomic E-state index is -4.63. The standard InChI is InChI=1S/C21H20ClF3N4O3/c1-11-10-29(20(31)26-11)28-6-4-27(5-7-28)19(30)18-16(22)14-8-13(12-2-3-12)9-15(17(14)32-18)21(23,24)25/h8-9,12H,1-7,10H2,(H,26,31). The quantitative estimate of drug-likeness (QED) is 0.733. The van der Waals surface area contributed by atoms with Gasteiger partial charge in [0.2, 0.25) is 5.76 Å². The molecule has 3 fully saturated rings. The Bertz CT molecular complexity index is 1130. The van der Waals surface area contributed by atoms with Gasteiger partial charge in [-0.05, 0) is 36.5 Å². The number of urea groups is 1. The monoisotopic (exact) mass is 468 g/mol. The Labute approximate surface area is 186 Å². The van der Waals surface area contributed by atoms with Gasteiger partial charge in [0.05, 0.1) is 17.1 Å².